The first kappa shape index (κ1) is 16.4. The Bertz CT molecular complexity index is 768. The molecule has 0 aromatic carbocycles. The first-order valence-electron chi connectivity index (χ1n) is 9.66. The average Bonchev–Trinajstić information content (AvgIpc) is 3.08. The summed E-state index contributed by atoms with van der Waals surface area (Å²) in [6.07, 6.45) is 12.1. The van der Waals surface area contributed by atoms with E-state index in [0.29, 0.717) is 17.7 Å². The summed E-state index contributed by atoms with van der Waals surface area (Å²) >= 11 is 1.49. The first-order valence-corrected chi connectivity index (χ1v) is 10.5. The maximum atomic E-state index is 12.5. The largest absolute Gasteiger partial charge is 0.355 e. The van der Waals surface area contributed by atoms with E-state index in [9.17, 15) is 4.79 Å². The van der Waals surface area contributed by atoms with Crippen LogP contribution in [-0.4, -0.2) is 27.4 Å². The highest BCUT2D eigenvalue weighted by Crippen LogP contribution is 2.59. The van der Waals surface area contributed by atoms with Crippen LogP contribution in [0.15, 0.2) is 23.8 Å². The van der Waals surface area contributed by atoms with Gasteiger partial charge in [0.2, 0.25) is 5.91 Å². The van der Waals surface area contributed by atoms with Crippen molar-refractivity contribution in [1.29, 1.82) is 0 Å². The van der Waals surface area contributed by atoms with Gasteiger partial charge in [0.15, 0.2) is 10.8 Å². The van der Waals surface area contributed by atoms with Crippen LogP contribution in [0.5, 0.6) is 0 Å². The number of carbonyl (C=O) groups excluding carboxylic acids is 1. The Labute approximate surface area is 157 Å². The molecule has 4 bridgehead atoms. The summed E-state index contributed by atoms with van der Waals surface area (Å²) < 4.78 is 0. The number of hydrogen-bond donors (Lipinski definition) is 1. The molecule has 4 aliphatic carbocycles. The van der Waals surface area contributed by atoms with Crippen molar-refractivity contribution in [3.05, 3.63) is 29.5 Å². The molecule has 1 N–H and O–H groups in total. The van der Waals surface area contributed by atoms with Gasteiger partial charge in [0.05, 0.1) is 12.1 Å². The molecular formula is C20H24N4OS. The summed E-state index contributed by atoms with van der Waals surface area (Å²) in [6.45, 7) is 0.855. The molecule has 2 aromatic rings. The lowest BCUT2D eigenvalue weighted by molar-refractivity contribution is -0.122. The molecule has 0 spiro atoms. The van der Waals surface area contributed by atoms with Gasteiger partial charge < -0.3 is 5.32 Å². The van der Waals surface area contributed by atoms with Crippen LogP contribution in [0.4, 0.5) is 0 Å². The Hall–Kier alpha value is -1.82. The molecule has 0 radical (unpaired) electrons. The normalized spacial score (nSPS) is 31.9. The van der Waals surface area contributed by atoms with Gasteiger partial charge >= 0.3 is 0 Å². The van der Waals surface area contributed by atoms with Crippen molar-refractivity contribution in [2.24, 2.45) is 23.2 Å². The Morgan fingerprint density at radius 2 is 1.77 bits per heavy atom. The van der Waals surface area contributed by atoms with E-state index in [4.69, 9.17) is 0 Å². The predicted molar refractivity (Wildman–Crippen MR) is 100 cm³/mol. The van der Waals surface area contributed by atoms with E-state index in [1.54, 1.807) is 18.5 Å². The molecule has 6 heteroatoms. The number of hydrogen-bond acceptors (Lipinski definition) is 5. The lowest BCUT2D eigenvalue weighted by Crippen LogP contribution is -2.51. The van der Waals surface area contributed by atoms with E-state index in [1.165, 1.54) is 49.9 Å². The highest BCUT2D eigenvalue weighted by atomic mass is 32.1. The maximum absolute atomic E-state index is 12.5. The molecule has 0 unspecified atom stereocenters. The zero-order valence-corrected chi connectivity index (χ0v) is 15.7. The molecule has 2 aromatic heterocycles. The van der Waals surface area contributed by atoms with Crippen molar-refractivity contribution in [3.63, 3.8) is 0 Å². The molecule has 0 atom stereocenters. The molecular weight excluding hydrogens is 344 g/mol. The van der Waals surface area contributed by atoms with Gasteiger partial charge in [-0.05, 0) is 67.8 Å². The van der Waals surface area contributed by atoms with Crippen molar-refractivity contribution >= 4 is 17.2 Å². The second-order valence-electron chi connectivity index (χ2n) is 8.59. The van der Waals surface area contributed by atoms with Gasteiger partial charge in [0.1, 0.15) is 0 Å². The zero-order valence-electron chi connectivity index (χ0n) is 14.9. The van der Waals surface area contributed by atoms with Gasteiger partial charge in [0.25, 0.3) is 0 Å². The monoisotopic (exact) mass is 368 g/mol. The number of rotatable bonds is 5. The van der Waals surface area contributed by atoms with Crippen LogP contribution < -0.4 is 5.32 Å². The predicted octanol–water partition coefficient (Wildman–Crippen LogP) is 3.48. The summed E-state index contributed by atoms with van der Waals surface area (Å²) in [7, 11) is 0. The third-order valence-corrected chi connectivity index (χ3v) is 7.36. The van der Waals surface area contributed by atoms with Crippen LogP contribution in [0.2, 0.25) is 0 Å². The molecule has 2 heterocycles. The average molecular weight is 369 g/mol. The summed E-state index contributed by atoms with van der Waals surface area (Å²) in [5, 5.41) is 5.94. The number of carbonyl (C=O) groups is 1. The van der Waals surface area contributed by atoms with Crippen molar-refractivity contribution in [2.75, 3.05) is 6.54 Å². The number of nitrogens with zero attached hydrogens (tertiary/aromatic N) is 3. The lowest BCUT2D eigenvalue weighted by atomic mass is 9.49. The first-order chi connectivity index (χ1) is 12.7. The fourth-order valence-electron chi connectivity index (χ4n) is 5.92. The van der Waals surface area contributed by atoms with Crippen LogP contribution in [0.3, 0.4) is 0 Å². The number of thiazole rings is 1. The topological polar surface area (TPSA) is 67.8 Å². The van der Waals surface area contributed by atoms with Crippen molar-refractivity contribution in [3.8, 4) is 10.8 Å². The van der Waals surface area contributed by atoms with E-state index >= 15 is 0 Å². The molecule has 0 saturated heterocycles. The van der Waals surface area contributed by atoms with E-state index in [-0.39, 0.29) is 5.91 Å². The second-order valence-corrected chi connectivity index (χ2v) is 9.45. The molecule has 4 fully saturated rings. The molecule has 4 aliphatic rings. The molecule has 5 nitrogen and oxygen atoms in total. The van der Waals surface area contributed by atoms with Gasteiger partial charge in [-0.2, -0.15) is 0 Å². The van der Waals surface area contributed by atoms with Crippen molar-refractivity contribution < 1.29 is 4.79 Å². The minimum Gasteiger partial charge on any atom is -0.355 e. The third-order valence-electron chi connectivity index (χ3n) is 6.48. The van der Waals surface area contributed by atoms with Crippen LogP contribution in [0.1, 0.15) is 44.2 Å². The quantitative estimate of drug-likeness (QED) is 0.877. The smallest absolute Gasteiger partial charge is 0.226 e. The molecule has 0 aliphatic heterocycles. The lowest BCUT2D eigenvalue weighted by Gasteiger charge is -2.56. The van der Waals surface area contributed by atoms with E-state index < -0.39 is 0 Å². The minimum absolute atomic E-state index is 0.0894. The van der Waals surface area contributed by atoms with Gasteiger partial charge in [-0.15, -0.1) is 11.3 Å². The highest BCUT2D eigenvalue weighted by Gasteiger charge is 2.50. The summed E-state index contributed by atoms with van der Waals surface area (Å²) in [4.78, 5) is 25.4. The van der Waals surface area contributed by atoms with E-state index in [0.717, 1.165) is 35.0 Å². The van der Waals surface area contributed by atoms with Gasteiger partial charge in [-0.1, -0.05) is 0 Å². The molecule has 6 rings (SSSR count). The standard InChI is InChI=1S/C20H24N4OS/c25-17(7-16-11-26-19(24-16)18-21-2-1-3-22-18)23-12-20-8-13-4-14(9-20)6-15(5-13)10-20/h1-3,11,13-15H,4-10,12H2,(H,23,25). The number of nitrogens with one attached hydrogen (secondary N) is 1. The summed E-state index contributed by atoms with van der Waals surface area (Å²) in [5.41, 5.74) is 1.19. The fourth-order valence-corrected chi connectivity index (χ4v) is 6.68. The Kier molecular flexibility index (Phi) is 4.03. The van der Waals surface area contributed by atoms with Crippen molar-refractivity contribution in [1.82, 2.24) is 20.3 Å². The Morgan fingerprint density at radius 1 is 1.12 bits per heavy atom. The molecule has 1 amide bonds. The SMILES string of the molecule is O=C(Cc1csc(-c2ncccn2)n1)NCC12CC3CC(CC(C3)C1)C2. The van der Waals surface area contributed by atoms with Gasteiger partial charge in [0, 0.05) is 24.3 Å². The molecule has 4 saturated carbocycles. The van der Waals surface area contributed by atoms with Crippen LogP contribution in [0, 0.1) is 23.2 Å². The summed E-state index contributed by atoms with van der Waals surface area (Å²) in [5.74, 6) is 3.48. The van der Waals surface area contributed by atoms with Crippen LogP contribution in [0.25, 0.3) is 10.8 Å². The van der Waals surface area contributed by atoms with Gasteiger partial charge in [-0.3, -0.25) is 4.79 Å². The van der Waals surface area contributed by atoms with Crippen LogP contribution in [-0.2, 0) is 11.2 Å². The highest BCUT2D eigenvalue weighted by molar-refractivity contribution is 7.13. The van der Waals surface area contributed by atoms with E-state index in [2.05, 4.69) is 20.3 Å². The van der Waals surface area contributed by atoms with Crippen molar-refractivity contribution in [2.45, 2.75) is 44.9 Å². The summed E-state index contributed by atoms with van der Waals surface area (Å²) in [6, 6.07) is 1.79. The molecule has 136 valence electrons. The van der Waals surface area contributed by atoms with Gasteiger partial charge in [-0.25, -0.2) is 15.0 Å². The molecule has 26 heavy (non-hydrogen) atoms. The minimum atomic E-state index is 0.0894. The Balaban J connectivity index is 1.19. The third kappa shape index (κ3) is 3.15. The maximum Gasteiger partial charge on any atom is 0.226 e. The van der Waals surface area contributed by atoms with Crippen LogP contribution >= 0.6 is 11.3 Å². The number of amides is 1. The number of aromatic nitrogens is 3. The Morgan fingerprint density at radius 3 is 2.42 bits per heavy atom. The zero-order chi connectivity index (χ0) is 17.6. The van der Waals surface area contributed by atoms with E-state index in [1.807, 2.05) is 5.38 Å². The fraction of sp³-hybridized carbons (Fsp3) is 0.600. The second kappa shape index (κ2) is 6.41.